The predicted octanol–water partition coefficient (Wildman–Crippen LogP) is 3.50. The molecule has 0 aliphatic carbocycles. The highest BCUT2D eigenvalue weighted by molar-refractivity contribution is 7.22. The van der Waals surface area contributed by atoms with E-state index in [9.17, 15) is 9.59 Å². The largest absolute Gasteiger partial charge is 0.495 e. The smallest absolute Gasteiger partial charge is 0.260 e. The van der Waals surface area contributed by atoms with Gasteiger partial charge in [-0.25, -0.2) is 4.98 Å². The molecule has 1 aromatic heterocycles. The number of rotatable bonds is 8. The molecule has 1 amide bonds. The van der Waals surface area contributed by atoms with Gasteiger partial charge >= 0.3 is 0 Å². The molecule has 33 heavy (non-hydrogen) atoms. The zero-order valence-corrected chi connectivity index (χ0v) is 19.8. The van der Waals surface area contributed by atoms with Crippen molar-refractivity contribution in [2.45, 2.75) is 6.92 Å². The first-order valence-corrected chi connectivity index (χ1v) is 11.6. The van der Waals surface area contributed by atoms with Crippen molar-refractivity contribution in [2.24, 2.45) is 0 Å². The Bertz CT molecular complexity index is 1100. The van der Waals surface area contributed by atoms with Crippen LogP contribution in [0.2, 0.25) is 0 Å². The van der Waals surface area contributed by atoms with Crippen LogP contribution >= 0.6 is 11.3 Å². The van der Waals surface area contributed by atoms with Gasteiger partial charge in [0.25, 0.3) is 5.91 Å². The fraction of sp³-hybridized carbons (Fsp3) is 0.375. The van der Waals surface area contributed by atoms with Crippen LogP contribution in [0, 0.1) is 0 Å². The number of methoxy groups -OCH3 is 2. The molecule has 0 radical (unpaired) electrons. The Morgan fingerprint density at radius 3 is 2.30 bits per heavy atom. The summed E-state index contributed by atoms with van der Waals surface area (Å²) in [7, 11) is 3.21. The van der Waals surface area contributed by atoms with E-state index in [1.165, 1.54) is 18.3 Å². The summed E-state index contributed by atoms with van der Waals surface area (Å²) in [5.74, 6) is 1.10. The number of aromatic nitrogens is 1. The molecule has 1 fully saturated rings. The van der Waals surface area contributed by atoms with E-state index in [0.29, 0.717) is 59.6 Å². The quantitative estimate of drug-likeness (QED) is 0.467. The zero-order chi connectivity index (χ0) is 23.4. The van der Waals surface area contributed by atoms with Gasteiger partial charge in [-0.15, -0.1) is 0 Å². The molecule has 1 aliphatic rings. The molecule has 0 bridgehead atoms. The lowest BCUT2D eigenvalue weighted by Crippen LogP contribution is -2.43. The molecule has 0 spiro atoms. The van der Waals surface area contributed by atoms with Gasteiger partial charge in [0.2, 0.25) is 0 Å². The van der Waals surface area contributed by atoms with Crippen molar-refractivity contribution in [2.75, 3.05) is 58.5 Å². The number of fused-ring (bicyclic) bond motifs is 1. The third kappa shape index (κ3) is 5.00. The van der Waals surface area contributed by atoms with E-state index < -0.39 is 0 Å². The van der Waals surface area contributed by atoms with Crippen molar-refractivity contribution < 1.29 is 23.8 Å². The van der Waals surface area contributed by atoms with E-state index in [0.717, 1.165) is 17.8 Å². The molecule has 0 unspecified atom stereocenters. The topological polar surface area (TPSA) is 81.2 Å². The second-order valence-corrected chi connectivity index (χ2v) is 8.67. The molecule has 8 nitrogen and oxygen atoms in total. The second-order valence-electron chi connectivity index (χ2n) is 7.69. The van der Waals surface area contributed by atoms with Crippen LogP contribution in [0.1, 0.15) is 27.6 Å². The number of Topliss-reactive ketones (excluding diaryl/α,β-unsaturated/α-hetero) is 1. The summed E-state index contributed by atoms with van der Waals surface area (Å²) < 4.78 is 17.3. The Balaban J connectivity index is 1.70. The third-order valence-electron chi connectivity index (χ3n) is 5.66. The average molecular weight is 470 g/mol. The summed E-state index contributed by atoms with van der Waals surface area (Å²) in [5.41, 5.74) is 1.73. The van der Waals surface area contributed by atoms with E-state index in [4.69, 9.17) is 19.2 Å². The molecule has 9 heteroatoms. The Morgan fingerprint density at radius 2 is 1.67 bits per heavy atom. The lowest BCUT2D eigenvalue weighted by atomic mass is 10.1. The SMILES string of the molecule is COc1ccc(OC)c2sc(N(CCN3CCOCC3)C(=O)c3ccc(C(C)=O)cc3)nc12. The maximum atomic E-state index is 13.6. The van der Waals surface area contributed by atoms with Crippen LogP contribution in [0.3, 0.4) is 0 Å². The summed E-state index contributed by atoms with van der Waals surface area (Å²) >= 11 is 1.40. The van der Waals surface area contributed by atoms with E-state index in [-0.39, 0.29) is 11.7 Å². The first-order chi connectivity index (χ1) is 16.0. The van der Waals surface area contributed by atoms with Crippen LogP contribution in [0.5, 0.6) is 11.5 Å². The van der Waals surface area contributed by atoms with Gasteiger partial charge in [0, 0.05) is 37.3 Å². The fourth-order valence-electron chi connectivity index (χ4n) is 3.74. The normalized spacial score (nSPS) is 14.3. The number of ketones is 1. The van der Waals surface area contributed by atoms with Crippen molar-refractivity contribution in [1.82, 2.24) is 9.88 Å². The summed E-state index contributed by atoms with van der Waals surface area (Å²) in [4.78, 5) is 34.0. The second kappa shape index (κ2) is 10.3. The molecule has 2 aromatic carbocycles. The van der Waals surface area contributed by atoms with Gasteiger partial charge in [-0.05, 0) is 31.2 Å². The molecular formula is C24H27N3O5S. The molecule has 4 rings (SSSR count). The van der Waals surface area contributed by atoms with Crippen LogP contribution in [0.4, 0.5) is 5.13 Å². The van der Waals surface area contributed by atoms with E-state index in [2.05, 4.69) is 4.90 Å². The van der Waals surface area contributed by atoms with Gasteiger partial charge in [-0.3, -0.25) is 19.4 Å². The molecular weight excluding hydrogens is 442 g/mol. The zero-order valence-electron chi connectivity index (χ0n) is 19.0. The van der Waals surface area contributed by atoms with Crippen LogP contribution in [-0.2, 0) is 4.74 Å². The van der Waals surface area contributed by atoms with Gasteiger partial charge in [0.05, 0.1) is 27.4 Å². The van der Waals surface area contributed by atoms with Gasteiger partial charge < -0.3 is 14.2 Å². The molecule has 0 atom stereocenters. The number of thiazole rings is 1. The molecule has 1 aliphatic heterocycles. The Hall–Kier alpha value is -3.01. The van der Waals surface area contributed by atoms with Crippen LogP contribution in [-0.4, -0.2) is 75.2 Å². The number of carbonyl (C=O) groups is 2. The molecule has 174 valence electrons. The van der Waals surface area contributed by atoms with Crippen molar-refractivity contribution in [3.8, 4) is 11.5 Å². The maximum Gasteiger partial charge on any atom is 0.260 e. The molecule has 3 aromatic rings. The monoisotopic (exact) mass is 469 g/mol. The number of carbonyl (C=O) groups excluding carboxylic acids is 2. The summed E-state index contributed by atoms with van der Waals surface area (Å²) in [6.45, 7) is 5.72. The highest BCUT2D eigenvalue weighted by atomic mass is 32.1. The minimum absolute atomic E-state index is 0.0384. The van der Waals surface area contributed by atoms with E-state index in [1.807, 2.05) is 12.1 Å². The Morgan fingerprint density at radius 1 is 1.03 bits per heavy atom. The predicted molar refractivity (Wildman–Crippen MR) is 128 cm³/mol. The number of morpholine rings is 1. The molecule has 0 N–H and O–H groups in total. The highest BCUT2D eigenvalue weighted by Gasteiger charge is 2.25. The van der Waals surface area contributed by atoms with Crippen molar-refractivity contribution >= 4 is 38.4 Å². The third-order valence-corrected chi connectivity index (χ3v) is 6.75. The number of nitrogens with zero attached hydrogens (tertiary/aromatic N) is 3. The van der Waals surface area contributed by atoms with Gasteiger partial charge in [-0.2, -0.15) is 0 Å². The van der Waals surface area contributed by atoms with Crippen LogP contribution in [0.25, 0.3) is 10.2 Å². The summed E-state index contributed by atoms with van der Waals surface area (Å²) in [6, 6.07) is 10.4. The lowest BCUT2D eigenvalue weighted by molar-refractivity contribution is 0.0391. The first-order valence-electron chi connectivity index (χ1n) is 10.8. The number of amides is 1. The lowest BCUT2D eigenvalue weighted by Gasteiger charge is -2.29. The van der Waals surface area contributed by atoms with Gasteiger partial charge in [-0.1, -0.05) is 23.5 Å². The first kappa shape index (κ1) is 23.2. The average Bonchev–Trinajstić information content (AvgIpc) is 3.29. The van der Waals surface area contributed by atoms with Crippen molar-refractivity contribution in [1.29, 1.82) is 0 Å². The molecule has 2 heterocycles. The molecule has 1 saturated heterocycles. The van der Waals surface area contributed by atoms with Crippen LogP contribution in [0.15, 0.2) is 36.4 Å². The number of benzene rings is 2. The highest BCUT2D eigenvalue weighted by Crippen LogP contribution is 2.40. The van der Waals surface area contributed by atoms with E-state index >= 15 is 0 Å². The standard InChI is InChI=1S/C24H27N3O5S/c1-16(28)17-4-6-18(7-5-17)23(29)27(11-10-26-12-14-32-15-13-26)24-25-21-19(30-2)8-9-20(31-3)22(21)33-24/h4-9H,10-15H2,1-3H3. The fourth-order valence-corrected chi connectivity index (χ4v) is 4.84. The van der Waals surface area contributed by atoms with Crippen molar-refractivity contribution in [3.63, 3.8) is 0 Å². The summed E-state index contributed by atoms with van der Waals surface area (Å²) in [6.07, 6.45) is 0. The van der Waals surface area contributed by atoms with Gasteiger partial charge in [0.1, 0.15) is 21.7 Å². The van der Waals surface area contributed by atoms with Crippen LogP contribution < -0.4 is 14.4 Å². The van der Waals surface area contributed by atoms with Crippen molar-refractivity contribution in [3.05, 3.63) is 47.5 Å². The maximum absolute atomic E-state index is 13.6. The molecule has 0 saturated carbocycles. The number of hydrogen-bond donors (Lipinski definition) is 0. The Kier molecular flexibility index (Phi) is 7.22. The minimum Gasteiger partial charge on any atom is -0.495 e. The van der Waals surface area contributed by atoms with Gasteiger partial charge in [0.15, 0.2) is 10.9 Å². The Labute approximate surface area is 196 Å². The number of anilines is 1. The minimum atomic E-state index is -0.171. The number of ether oxygens (including phenoxy) is 3. The summed E-state index contributed by atoms with van der Waals surface area (Å²) in [5, 5.41) is 0.571. The van der Waals surface area contributed by atoms with E-state index in [1.54, 1.807) is 43.4 Å². The number of hydrogen-bond acceptors (Lipinski definition) is 8.